The van der Waals surface area contributed by atoms with Crippen LogP contribution < -0.4 is 0 Å². The first-order chi connectivity index (χ1) is 8.60. The minimum absolute atomic E-state index is 0.532. The summed E-state index contributed by atoms with van der Waals surface area (Å²) in [6, 6.07) is 11.0. The molecular weight excluding hydrogens is 320 g/mol. The quantitative estimate of drug-likeness (QED) is 0.795. The van der Waals surface area contributed by atoms with Crippen molar-refractivity contribution in [2.45, 2.75) is 9.79 Å². The molecule has 18 heavy (non-hydrogen) atoms. The molecule has 0 amide bonds. The summed E-state index contributed by atoms with van der Waals surface area (Å²) in [5.41, 5.74) is 0.532. The van der Waals surface area contributed by atoms with Gasteiger partial charge in [0, 0.05) is 14.3 Å². The second-order valence-corrected chi connectivity index (χ2v) is 5.43. The van der Waals surface area contributed by atoms with Crippen LogP contribution in [0.5, 0.6) is 0 Å². The summed E-state index contributed by atoms with van der Waals surface area (Å²) in [7, 11) is 0. The predicted molar refractivity (Wildman–Crippen MR) is 69.3 cm³/mol. The van der Waals surface area contributed by atoms with Gasteiger partial charge in [-0.05, 0) is 52.3 Å². The lowest BCUT2D eigenvalue weighted by molar-refractivity contribution is 0.506. The molecule has 90 valence electrons. The molecule has 2 rings (SSSR count). The lowest BCUT2D eigenvalue weighted by Crippen LogP contribution is -1.84. The largest absolute Gasteiger partial charge is 0.204 e. The van der Waals surface area contributed by atoms with Crippen molar-refractivity contribution >= 4 is 27.7 Å². The second-order valence-electron chi connectivity index (χ2n) is 3.43. The van der Waals surface area contributed by atoms with Crippen LogP contribution in [0.25, 0.3) is 0 Å². The third-order valence-corrected chi connectivity index (χ3v) is 3.82. The highest BCUT2D eigenvalue weighted by Crippen LogP contribution is 2.31. The van der Waals surface area contributed by atoms with Crippen molar-refractivity contribution in [2.24, 2.45) is 0 Å². The second kappa shape index (κ2) is 5.51. The van der Waals surface area contributed by atoms with Crippen molar-refractivity contribution in [1.82, 2.24) is 0 Å². The molecule has 0 aromatic heterocycles. The van der Waals surface area contributed by atoms with Crippen LogP contribution in [-0.2, 0) is 0 Å². The molecule has 1 nitrogen and oxygen atoms in total. The van der Waals surface area contributed by atoms with Crippen molar-refractivity contribution in [3.05, 3.63) is 58.1 Å². The standard InChI is InChI=1S/C13H6BrF2NS/c14-11-5-9(2-1-8(11)7-17)18-10-3-4-12(15)13(16)6-10/h1-6H. The zero-order chi connectivity index (χ0) is 13.1. The Labute approximate surface area is 116 Å². The molecule has 0 aliphatic carbocycles. The minimum atomic E-state index is -0.868. The Balaban J connectivity index is 2.26. The molecule has 2 aromatic carbocycles. The maximum atomic E-state index is 13.0. The number of benzene rings is 2. The van der Waals surface area contributed by atoms with E-state index in [-0.39, 0.29) is 0 Å². The fourth-order valence-corrected chi connectivity index (χ4v) is 2.83. The number of rotatable bonds is 2. The lowest BCUT2D eigenvalue weighted by Gasteiger charge is -2.03. The number of nitriles is 1. The van der Waals surface area contributed by atoms with E-state index in [0.717, 1.165) is 17.0 Å². The third kappa shape index (κ3) is 2.89. The highest BCUT2D eigenvalue weighted by atomic mass is 79.9. The van der Waals surface area contributed by atoms with Gasteiger partial charge < -0.3 is 0 Å². The fraction of sp³-hybridized carbons (Fsp3) is 0. The van der Waals surface area contributed by atoms with Gasteiger partial charge in [-0.25, -0.2) is 8.78 Å². The molecule has 0 aliphatic rings. The Kier molecular flexibility index (Phi) is 4.00. The van der Waals surface area contributed by atoms with Crippen LogP contribution in [0.3, 0.4) is 0 Å². The normalized spacial score (nSPS) is 10.1. The molecule has 5 heteroatoms. The maximum Gasteiger partial charge on any atom is 0.159 e. The molecule has 0 saturated carbocycles. The van der Waals surface area contributed by atoms with Gasteiger partial charge in [0.1, 0.15) is 6.07 Å². The Morgan fingerprint density at radius 3 is 2.28 bits per heavy atom. The highest BCUT2D eigenvalue weighted by Gasteiger charge is 2.06. The zero-order valence-electron chi connectivity index (χ0n) is 8.95. The average Bonchev–Trinajstić information content (AvgIpc) is 2.34. The van der Waals surface area contributed by atoms with Gasteiger partial charge >= 0.3 is 0 Å². The molecule has 0 spiro atoms. The van der Waals surface area contributed by atoms with E-state index >= 15 is 0 Å². The van der Waals surface area contributed by atoms with Crippen molar-refractivity contribution in [2.75, 3.05) is 0 Å². The van der Waals surface area contributed by atoms with E-state index in [1.165, 1.54) is 17.8 Å². The summed E-state index contributed by atoms with van der Waals surface area (Å²) >= 11 is 4.57. The fourth-order valence-electron chi connectivity index (χ4n) is 1.33. The Hall–Kier alpha value is -1.38. The SMILES string of the molecule is N#Cc1ccc(Sc2ccc(F)c(F)c2)cc1Br. The summed E-state index contributed by atoms with van der Waals surface area (Å²) in [4.78, 5) is 1.44. The first-order valence-corrected chi connectivity index (χ1v) is 6.53. The highest BCUT2D eigenvalue weighted by molar-refractivity contribution is 9.10. The average molecular weight is 326 g/mol. The van der Waals surface area contributed by atoms with Crippen molar-refractivity contribution < 1.29 is 8.78 Å². The monoisotopic (exact) mass is 325 g/mol. The first kappa shape index (κ1) is 13.1. The molecule has 2 aromatic rings. The minimum Gasteiger partial charge on any atom is -0.204 e. The van der Waals surface area contributed by atoms with Gasteiger partial charge in [-0.2, -0.15) is 5.26 Å². The zero-order valence-corrected chi connectivity index (χ0v) is 11.4. The van der Waals surface area contributed by atoms with Crippen LogP contribution in [0.2, 0.25) is 0 Å². The van der Waals surface area contributed by atoms with Gasteiger partial charge in [0.15, 0.2) is 11.6 Å². The lowest BCUT2D eigenvalue weighted by atomic mass is 10.2. The van der Waals surface area contributed by atoms with Crippen LogP contribution in [0.1, 0.15) is 5.56 Å². The Bertz CT molecular complexity index is 637. The van der Waals surface area contributed by atoms with Crippen LogP contribution in [0, 0.1) is 23.0 Å². The van der Waals surface area contributed by atoms with Crippen LogP contribution >= 0.6 is 27.7 Å². The third-order valence-electron chi connectivity index (χ3n) is 2.19. The van der Waals surface area contributed by atoms with E-state index in [1.54, 1.807) is 18.2 Å². The van der Waals surface area contributed by atoms with Gasteiger partial charge in [0.05, 0.1) is 5.56 Å². The van der Waals surface area contributed by atoms with Gasteiger partial charge in [-0.15, -0.1) is 0 Å². The van der Waals surface area contributed by atoms with Crippen LogP contribution in [-0.4, -0.2) is 0 Å². The van der Waals surface area contributed by atoms with Crippen LogP contribution in [0.15, 0.2) is 50.7 Å². The van der Waals surface area contributed by atoms with E-state index in [1.807, 2.05) is 6.07 Å². The van der Waals surface area contributed by atoms with Crippen LogP contribution in [0.4, 0.5) is 8.78 Å². The van der Waals surface area contributed by atoms with Crippen molar-refractivity contribution in [3.63, 3.8) is 0 Å². The van der Waals surface area contributed by atoms with E-state index in [2.05, 4.69) is 15.9 Å². The molecule has 0 heterocycles. The maximum absolute atomic E-state index is 13.0. The van der Waals surface area contributed by atoms with E-state index in [9.17, 15) is 8.78 Å². The van der Waals surface area contributed by atoms with Crippen molar-refractivity contribution in [1.29, 1.82) is 5.26 Å². The molecule has 0 bridgehead atoms. The molecule has 0 atom stereocenters. The summed E-state index contributed by atoms with van der Waals surface area (Å²) in [5, 5.41) is 8.79. The molecule has 0 unspecified atom stereocenters. The molecule has 0 saturated heterocycles. The number of hydrogen-bond donors (Lipinski definition) is 0. The van der Waals surface area contributed by atoms with Gasteiger partial charge in [0.25, 0.3) is 0 Å². The summed E-state index contributed by atoms with van der Waals surface area (Å²) < 4.78 is 26.5. The Morgan fingerprint density at radius 1 is 1.00 bits per heavy atom. The molecule has 0 fully saturated rings. The smallest absolute Gasteiger partial charge is 0.159 e. The van der Waals surface area contributed by atoms with Gasteiger partial charge in [0.2, 0.25) is 0 Å². The van der Waals surface area contributed by atoms with E-state index < -0.39 is 11.6 Å². The molecular formula is C13H6BrF2NS. The number of halogens is 3. The number of nitrogens with zero attached hydrogens (tertiary/aromatic N) is 1. The number of hydrogen-bond acceptors (Lipinski definition) is 2. The summed E-state index contributed by atoms with van der Waals surface area (Å²) in [6.07, 6.45) is 0. The first-order valence-electron chi connectivity index (χ1n) is 4.92. The molecule has 0 aliphatic heterocycles. The predicted octanol–water partition coefficient (Wildman–Crippen LogP) is 4.75. The van der Waals surface area contributed by atoms with Gasteiger partial charge in [-0.1, -0.05) is 11.8 Å². The molecule has 0 N–H and O–H groups in total. The topological polar surface area (TPSA) is 23.8 Å². The van der Waals surface area contributed by atoms with Gasteiger partial charge in [-0.3, -0.25) is 0 Å². The Morgan fingerprint density at radius 2 is 1.67 bits per heavy atom. The van der Waals surface area contributed by atoms with E-state index in [0.29, 0.717) is 14.9 Å². The molecule has 0 radical (unpaired) electrons. The van der Waals surface area contributed by atoms with Crippen molar-refractivity contribution in [3.8, 4) is 6.07 Å². The summed E-state index contributed by atoms with van der Waals surface area (Å²) in [6.45, 7) is 0. The van der Waals surface area contributed by atoms with E-state index in [4.69, 9.17) is 5.26 Å². The summed E-state index contributed by atoms with van der Waals surface area (Å²) in [5.74, 6) is -1.73.